The second-order valence-electron chi connectivity index (χ2n) is 7.91. The van der Waals surface area contributed by atoms with Crippen molar-refractivity contribution in [2.24, 2.45) is 0 Å². The third-order valence-electron chi connectivity index (χ3n) is 5.71. The second-order valence-corrected chi connectivity index (χ2v) is 8.35. The van der Waals surface area contributed by atoms with E-state index in [-0.39, 0.29) is 0 Å². The minimum absolute atomic E-state index is 0.729. The molecule has 1 saturated heterocycles. The Bertz CT molecular complexity index is 1290. The van der Waals surface area contributed by atoms with Gasteiger partial charge in [0, 0.05) is 40.8 Å². The van der Waals surface area contributed by atoms with Crippen LogP contribution in [-0.2, 0) is 0 Å². The van der Waals surface area contributed by atoms with Crippen molar-refractivity contribution in [3.8, 4) is 23.0 Å². The molecule has 0 bridgehead atoms. The summed E-state index contributed by atoms with van der Waals surface area (Å²) in [4.78, 5) is 11.8. The molecule has 0 radical (unpaired) electrons. The highest BCUT2D eigenvalue weighted by molar-refractivity contribution is 6.30. The van der Waals surface area contributed by atoms with Gasteiger partial charge in [0.05, 0.1) is 5.52 Å². The molecule has 0 N–H and O–H groups in total. The van der Waals surface area contributed by atoms with Gasteiger partial charge in [0.25, 0.3) is 0 Å². The van der Waals surface area contributed by atoms with Crippen LogP contribution in [0, 0.1) is 18.8 Å². The number of rotatable bonds is 2. The predicted octanol–water partition coefficient (Wildman–Crippen LogP) is 6.26. The zero-order valence-corrected chi connectivity index (χ0v) is 18.2. The summed E-state index contributed by atoms with van der Waals surface area (Å²) in [6, 6.07) is 20.2. The van der Waals surface area contributed by atoms with Crippen LogP contribution in [-0.4, -0.2) is 23.1 Å². The topological polar surface area (TPSA) is 29.0 Å². The van der Waals surface area contributed by atoms with Crippen molar-refractivity contribution in [2.75, 3.05) is 18.0 Å². The summed E-state index contributed by atoms with van der Waals surface area (Å²) in [5, 5.41) is 1.88. The fraction of sp³-hybridized carbons (Fsp3) is 0.185. The van der Waals surface area contributed by atoms with Crippen LogP contribution in [0.1, 0.15) is 29.7 Å². The minimum Gasteiger partial charge on any atom is -0.357 e. The first-order valence-electron chi connectivity index (χ1n) is 10.6. The summed E-state index contributed by atoms with van der Waals surface area (Å²) >= 11 is 5.97. The molecule has 4 aromatic rings. The van der Waals surface area contributed by atoms with Crippen LogP contribution in [0.2, 0.25) is 5.02 Å². The zero-order chi connectivity index (χ0) is 21.2. The van der Waals surface area contributed by atoms with Crippen molar-refractivity contribution in [1.82, 2.24) is 9.97 Å². The normalized spacial score (nSPS) is 13.3. The van der Waals surface area contributed by atoms with Crippen LogP contribution in [0.3, 0.4) is 0 Å². The molecule has 0 amide bonds. The number of anilines is 1. The number of nitrogens with zero attached hydrogens (tertiary/aromatic N) is 3. The van der Waals surface area contributed by atoms with Gasteiger partial charge in [-0.15, -0.1) is 0 Å². The molecule has 1 aliphatic heterocycles. The Morgan fingerprint density at radius 1 is 0.871 bits per heavy atom. The molecule has 0 aliphatic carbocycles. The lowest BCUT2D eigenvalue weighted by molar-refractivity contribution is 0.942. The maximum atomic E-state index is 5.97. The van der Waals surface area contributed by atoms with Gasteiger partial charge in [-0.2, -0.15) is 0 Å². The van der Waals surface area contributed by atoms with E-state index in [1.807, 2.05) is 48.7 Å². The lowest BCUT2D eigenvalue weighted by atomic mass is 10.1. The summed E-state index contributed by atoms with van der Waals surface area (Å²) in [6.45, 7) is 4.36. The quantitative estimate of drug-likeness (QED) is 0.356. The number of fused-ring (bicyclic) bond motifs is 1. The largest absolute Gasteiger partial charge is 0.357 e. The number of hydrogen-bond donors (Lipinski definition) is 0. The van der Waals surface area contributed by atoms with E-state index in [0.717, 1.165) is 57.2 Å². The lowest BCUT2D eigenvalue weighted by Crippen LogP contribution is -2.19. The van der Waals surface area contributed by atoms with E-state index in [0.29, 0.717) is 0 Å². The standard InChI is InChI=1S/C27H22ClN3/c1-19-16-27(31-14-2-3-15-31)30-26-13-5-20(17-25(19)26)4-11-24-12-8-22(18-29-24)21-6-9-23(28)10-7-21/h5-10,12-13,16-18H,2-3,14-15H2,1H3. The lowest BCUT2D eigenvalue weighted by Gasteiger charge is -2.17. The average Bonchev–Trinajstić information content (AvgIpc) is 3.34. The number of benzene rings is 2. The summed E-state index contributed by atoms with van der Waals surface area (Å²) in [6.07, 6.45) is 4.35. The molecule has 31 heavy (non-hydrogen) atoms. The van der Waals surface area contributed by atoms with Gasteiger partial charge in [-0.05, 0) is 79.3 Å². The van der Waals surface area contributed by atoms with Gasteiger partial charge in [0.15, 0.2) is 0 Å². The molecule has 3 nitrogen and oxygen atoms in total. The molecular formula is C27H22ClN3. The molecule has 0 saturated carbocycles. The van der Waals surface area contributed by atoms with E-state index in [9.17, 15) is 0 Å². The first-order valence-corrected chi connectivity index (χ1v) is 10.9. The summed E-state index contributed by atoms with van der Waals surface area (Å²) in [5.41, 5.74) is 6.11. The maximum Gasteiger partial charge on any atom is 0.129 e. The molecule has 1 fully saturated rings. The highest BCUT2D eigenvalue weighted by atomic mass is 35.5. The zero-order valence-electron chi connectivity index (χ0n) is 17.4. The Hall–Kier alpha value is -3.35. The third-order valence-corrected chi connectivity index (χ3v) is 5.96. The fourth-order valence-corrected chi connectivity index (χ4v) is 4.11. The Kier molecular flexibility index (Phi) is 5.32. The van der Waals surface area contributed by atoms with Gasteiger partial charge in [0.2, 0.25) is 0 Å². The SMILES string of the molecule is Cc1cc(N2CCCC2)nc2ccc(C#Cc3ccc(-c4ccc(Cl)cc4)cn3)cc12. The Morgan fingerprint density at radius 3 is 2.39 bits per heavy atom. The van der Waals surface area contributed by atoms with E-state index in [2.05, 4.69) is 46.8 Å². The molecule has 0 spiro atoms. The van der Waals surface area contributed by atoms with Gasteiger partial charge in [-0.25, -0.2) is 9.97 Å². The molecule has 3 heterocycles. The number of pyridine rings is 2. The number of aryl methyl sites for hydroxylation is 1. The van der Waals surface area contributed by atoms with Crippen LogP contribution in [0.15, 0.2) is 66.9 Å². The van der Waals surface area contributed by atoms with Crippen molar-refractivity contribution >= 4 is 28.3 Å². The van der Waals surface area contributed by atoms with E-state index in [4.69, 9.17) is 16.6 Å². The number of hydrogen-bond acceptors (Lipinski definition) is 3. The Balaban J connectivity index is 1.39. The highest BCUT2D eigenvalue weighted by Gasteiger charge is 2.15. The molecule has 0 unspecified atom stereocenters. The summed E-state index contributed by atoms with van der Waals surface area (Å²) in [7, 11) is 0. The van der Waals surface area contributed by atoms with Crippen LogP contribution < -0.4 is 4.90 Å². The van der Waals surface area contributed by atoms with Crippen molar-refractivity contribution in [3.05, 3.63) is 88.7 Å². The first-order chi connectivity index (χ1) is 15.2. The van der Waals surface area contributed by atoms with E-state index >= 15 is 0 Å². The van der Waals surface area contributed by atoms with Crippen LogP contribution in [0.5, 0.6) is 0 Å². The first kappa shape index (κ1) is 19.6. The highest BCUT2D eigenvalue weighted by Crippen LogP contribution is 2.26. The Labute approximate surface area is 187 Å². The number of halogens is 1. The molecule has 5 rings (SSSR count). The third kappa shape index (κ3) is 4.26. The molecule has 2 aromatic heterocycles. The summed E-state index contributed by atoms with van der Waals surface area (Å²) in [5.74, 6) is 7.52. The average molecular weight is 424 g/mol. The van der Waals surface area contributed by atoms with E-state index < -0.39 is 0 Å². The second kappa shape index (κ2) is 8.41. The van der Waals surface area contributed by atoms with Gasteiger partial charge in [0.1, 0.15) is 11.5 Å². The molecule has 152 valence electrons. The van der Waals surface area contributed by atoms with Crippen molar-refractivity contribution in [1.29, 1.82) is 0 Å². The van der Waals surface area contributed by atoms with Gasteiger partial charge in [-0.3, -0.25) is 0 Å². The van der Waals surface area contributed by atoms with Crippen molar-refractivity contribution in [2.45, 2.75) is 19.8 Å². The monoisotopic (exact) mass is 423 g/mol. The Morgan fingerprint density at radius 2 is 1.65 bits per heavy atom. The van der Waals surface area contributed by atoms with Gasteiger partial charge >= 0.3 is 0 Å². The molecule has 4 heteroatoms. The molecule has 0 atom stereocenters. The molecule has 2 aromatic carbocycles. The smallest absolute Gasteiger partial charge is 0.129 e. The van der Waals surface area contributed by atoms with Gasteiger partial charge < -0.3 is 4.90 Å². The van der Waals surface area contributed by atoms with Crippen LogP contribution in [0.4, 0.5) is 5.82 Å². The van der Waals surface area contributed by atoms with Crippen LogP contribution in [0.25, 0.3) is 22.0 Å². The summed E-state index contributed by atoms with van der Waals surface area (Å²) < 4.78 is 0. The number of aromatic nitrogens is 2. The minimum atomic E-state index is 0.729. The van der Waals surface area contributed by atoms with Crippen molar-refractivity contribution in [3.63, 3.8) is 0 Å². The van der Waals surface area contributed by atoms with E-state index in [1.54, 1.807) is 0 Å². The van der Waals surface area contributed by atoms with Crippen LogP contribution >= 0.6 is 11.6 Å². The maximum absolute atomic E-state index is 5.97. The molecule has 1 aliphatic rings. The predicted molar refractivity (Wildman–Crippen MR) is 129 cm³/mol. The van der Waals surface area contributed by atoms with Gasteiger partial charge in [-0.1, -0.05) is 35.7 Å². The molecular weight excluding hydrogens is 402 g/mol. The van der Waals surface area contributed by atoms with Crippen molar-refractivity contribution < 1.29 is 0 Å². The van der Waals surface area contributed by atoms with E-state index in [1.165, 1.54) is 18.4 Å². The fourth-order valence-electron chi connectivity index (χ4n) is 3.98.